The molecule has 0 fully saturated rings. The molecule has 0 radical (unpaired) electrons. The molecule has 0 aromatic carbocycles. The summed E-state index contributed by atoms with van der Waals surface area (Å²) in [6.07, 6.45) is 6.37. The number of imidazole rings is 2. The van der Waals surface area contributed by atoms with Crippen molar-refractivity contribution in [1.29, 1.82) is 0 Å². The van der Waals surface area contributed by atoms with E-state index in [1.807, 2.05) is 0 Å². The van der Waals surface area contributed by atoms with Crippen molar-refractivity contribution in [3.8, 4) is 0 Å². The summed E-state index contributed by atoms with van der Waals surface area (Å²) >= 11 is 0. The van der Waals surface area contributed by atoms with Gasteiger partial charge in [-0.25, -0.2) is 13.4 Å². The molecule has 0 atom stereocenters. The Kier molecular flexibility index (Phi) is 1.29. The first-order valence-corrected chi connectivity index (χ1v) is 4.71. The minimum atomic E-state index is 1.19. The molecule has 0 aliphatic heterocycles. The van der Waals surface area contributed by atoms with Gasteiger partial charge in [0.1, 0.15) is 23.6 Å². The summed E-state index contributed by atoms with van der Waals surface area (Å²) in [5.41, 5.74) is 2.48. The van der Waals surface area contributed by atoms with Crippen molar-refractivity contribution in [2.24, 2.45) is 7.05 Å². The first kappa shape index (κ1) is 7.62. The van der Waals surface area contributed by atoms with Crippen LogP contribution in [0.15, 0.2) is 36.8 Å². The third kappa shape index (κ3) is 0.789. The van der Waals surface area contributed by atoms with Gasteiger partial charge in [0.15, 0.2) is 0 Å². The van der Waals surface area contributed by atoms with Crippen molar-refractivity contribution in [2.45, 2.75) is 6.92 Å². The molecule has 0 aliphatic rings. The zero-order valence-electron chi connectivity index (χ0n) is 8.31. The van der Waals surface area contributed by atoms with Crippen LogP contribution < -0.4 is 4.40 Å². The number of aromatic nitrogens is 3. The molecule has 0 amide bonds. The van der Waals surface area contributed by atoms with E-state index in [0.717, 1.165) is 0 Å². The van der Waals surface area contributed by atoms with Crippen molar-refractivity contribution in [3.05, 3.63) is 42.5 Å². The van der Waals surface area contributed by atoms with Crippen LogP contribution in [0.25, 0.3) is 11.3 Å². The van der Waals surface area contributed by atoms with Crippen molar-refractivity contribution < 1.29 is 4.40 Å². The van der Waals surface area contributed by atoms with E-state index in [2.05, 4.69) is 64.1 Å². The SMILES string of the molecule is Cc1c[n+]2cc3ccccn3c2n1C. The summed E-state index contributed by atoms with van der Waals surface area (Å²) < 4.78 is 6.53. The van der Waals surface area contributed by atoms with Crippen molar-refractivity contribution >= 4 is 11.3 Å². The first-order chi connectivity index (χ1) is 6.77. The van der Waals surface area contributed by atoms with Crippen LogP contribution in [0.5, 0.6) is 0 Å². The lowest BCUT2D eigenvalue weighted by atomic mass is 10.4. The van der Waals surface area contributed by atoms with Crippen LogP contribution in [0.2, 0.25) is 0 Å². The fourth-order valence-electron chi connectivity index (χ4n) is 1.94. The molecule has 3 rings (SSSR count). The maximum atomic E-state index is 2.19. The van der Waals surface area contributed by atoms with Crippen molar-refractivity contribution in [3.63, 3.8) is 0 Å². The molecule has 3 heteroatoms. The number of pyridine rings is 1. The Labute approximate surface area is 81.8 Å². The van der Waals surface area contributed by atoms with Crippen LogP contribution in [-0.4, -0.2) is 8.97 Å². The lowest BCUT2D eigenvalue weighted by Crippen LogP contribution is -2.15. The Morgan fingerprint density at radius 3 is 2.93 bits per heavy atom. The standard InChI is InChI=1S/C11H12N3/c1-9-7-13-8-10-5-3-4-6-14(10)11(13)12(9)2/h3-8H,1-2H3/q+1. The van der Waals surface area contributed by atoms with Gasteiger partial charge in [-0.05, 0) is 19.1 Å². The van der Waals surface area contributed by atoms with E-state index in [0.29, 0.717) is 0 Å². The van der Waals surface area contributed by atoms with E-state index in [1.54, 1.807) is 0 Å². The third-order valence-electron chi connectivity index (χ3n) is 2.76. The molecule has 0 bridgehead atoms. The number of fused-ring (bicyclic) bond motifs is 3. The molecule has 3 heterocycles. The van der Waals surface area contributed by atoms with Crippen LogP contribution in [0.3, 0.4) is 0 Å². The van der Waals surface area contributed by atoms with Gasteiger partial charge in [0.25, 0.3) is 0 Å². The fourth-order valence-corrected chi connectivity index (χ4v) is 1.94. The highest BCUT2D eigenvalue weighted by atomic mass is 15.2. The van der Waals surface area contributed by atoms with E-state index >= 15 is 0 Å². The van der Waals surface area contributed by atoms with Gasteiger partial charge >= 0.3 is 5.78 Å². The average Bonchev–Trinajstić information content (AvgIpc) is 2.65. The highest BCUT2D eigenvalue weighted by molar-refractivity contribution is 5.49. The largest absolute Gasteiger partial charge is 0.374 e. The summed E-state index contributed by atoms with van der Waals surface area (Å²) in [6, 6.07) is 6.22. The number of hydrogen-bond acceptors (Lipinski definition) is 0. The molecular formula is C11H12N3+. The molecule has 70 valence electrons. The highest BCUT2D eigenvalue weighted by Gasteiger charge is 2.15. The van der Waals surface area contributed by atoms with Crippen LogP contribution in [0.1, 0.15) is 5.69 Å². The lowest BCUT2D eigenvalue weighted by molar-refractivity contribution is -0.508. The minimum absolute atomic E-state index is 1.19. The zero-order chi connectivity index (χ0) is 9.71. The van der Waals surface area contributed by atoms with E-state index in [-0.39, 0.29) is 0 Å². The fraction of sp³-hybridized carbons (Fsp3) is 0.182. The Morgan fingerprint density at radius 2 is 2.07 bits per heavy atom. The van der Waals surface area contributed by atoms with E-state index in [9.17, 15) is 0 Å². The molecule has 3 aromatic heterocycles. The predicted octanol–water partition coefficient (Wildman–Crippen LogP) is 1.32. The van der Waals surface area contributed by atoms with Crippen LogP contribution in [-0.2, 0) is 7.05 Å². The van der Waals surface area contributed by atoms with Crippen molar-refractivity contribution in [1.82, 2.24) is 8.97 Å². The van der Waals surface area contributed by atoms with E-state index in [1.165, 1.54) is 17.0 Å². The quantitative estimate of drug-likeness (QED) is 0.470. The van der Waals surface area contributed by atoms with Gasteiger partial charge in [-0.2, -0.15) is 0 Å². The molecular weight excluding hydrogens is 174 g/mol. The number of hydrogen-bond donors (Lipinski definition) is 0. The Hall–Kier alpha value is -1.77. The van der Waals surface area contributed by atoms with Gasteiger partial charge in [-0.1, -0.05) is 6.07 Å². The monoisotopic (exact) mass is 186 g/mol. The maximum absolute atomic E-state index is 2.19. The van der Waals surface area contributed by atoms with Crippen LogP contribution in [0, 0.1) is 6.92 Å². The summed E-state index contributed by atoms with van der Waals surface area (Å²) in [4.78, 5) is 0. The maximum Gasteiger partial charge on any atom is 0.374 e. The first-order valence-electron chi connectivity index (χ1n) is 4.71. The number of nitrogens with zero attached hydrogens (tertiary/aromatic N) is 3. The second-order valence-electron chi connectivity index (χ2n) is 3.66. The average molecular weight is 186 g/mol. The number of aryl methyl sites for hydroxylation is 2. The predicted molar refractivity (Wildman–Crippen MR) is 54.3 cm³/mol. The summed E-state index contributed by atoms with van der Waals surface area (Å²) in [5.74, 6) is 1.19. The minimum Gasteiger partial charge on any atom is -0.234 e. The summed E-state index contributed by atoms with van der Waals surface area (Å²) in [7, 11) is 2.09. The summed E-state index contributed by atoms with van der Waals surface area (Å²) in [5, 5.41) is 0. The Morgan fingerprint density at radius 1 is 1.21 bits per heavy atom. The second kappa shape index (κ2) is 2.38. The molecule has 0 unspecified atom stereocenters. The number of rotatable bonds is 0. The topological polar surface area (TPSA) is 13.4 Å². The molecule has 14 heavy (non-hydrogen) atoms. The molecule has 3 nitrogen and oxygen atoms in total. The molecule has 0 saturated heterocycles. The van der Waals surface area contributed by atoms with Crippen LogP contribution in [0.4, 0.5) is 0 Å². The normalized spacial score (nSPS) is 11.6. The van der Waals surface area contributed by atoms with E-state index < -0.39 is 0 Å². The van der Waals surface area contributed by atoms with Gasteiger partial charge in [0, 0.05) is 0 Å². The molecule has 3 aromatic rings. The van der Waals surface area contributed by atoms with Gasteiger partial charge in [-0.15, -0.1) is 0 Å². The molecule has 0 saturated carbocycles. The highest BCUT2D eigenvalue weighted by Crippen LogP contribution is 2.08. The Balaban J connectivity index is 2.62. The smallest absolute Gasteiger partial charge is 0.234 e. The second-order valence-corrected chi connectivity index (χ2v) is 3.66. The van der Waals surface area contributed by atoms with Gasteiger partial charge in [-0.3, -0.25) is 0 Å². The van der Waals surface area contributed by atoms with Crippen LogP contribution >= 0.6 is 0 Å². The van der Waals surface area contributed by atoms with E-state index in [4.69, 9.17) is 0 Å². The lowest BCUT2D eigenvalue weighted by Gasteiger charge is -1.90. The third-order valence-corrected chi connectivity index (χ3v) is 2.76. The van der Waals surface area contributed by atoms with Gasteiger partial charge in [0.2, 0.25) is 0 Å². The molecule has 0 aliphatic carbocycles. The Bertz CT molecular complexity index is 616. The molecule has 0 spiro atoms. The zero-order valence-corrected chi connectivity index (χ0v) is 8.31. The van der Waals surface area contributed by atoms with Crippen molar-refractivity contribution in [2.75, 3.05) is 0 Å². The summed E-state index contributed by atoms with van der Waals surface area (Å²) in [6.45, 7) is 2.11. The molecule has 0 N–H and O–H groups in total. The van der Waals surface area contributed by atoms with Gasteiger partial charge < -0.3 is 0 Å². The van der Waals surface area contributed by atoms with Gasteiger partial charge in [0.05, 0.1) is 13.2 Å².